The van der Waals surface area contributed by atoms with Gasteiger partial charge in [-0.15, -0.1) is 0 Å². The van der Waals surface area contributed by atoms with Crippen LogP contribution in [-0.4, -0.2) is 23.9 Å². The van der Waals surface area contributed by atoms with Crippen LogP contribution in [0.4, 0.5) is 0 Å². The summed E-state index contributed by atoms with van der Waals surface area (Å²) in [4.78, 5) is 19.3. The van der Waals surface area contributed by atoms with E-state index in [0.717, 1.165) is 6.29 Å². The first-order chi connectivity index (χ1) is 6.12. The average Bonchev–Trinajstić information content (AvgIpc) is 1.81. The maximum atomic E-state index is 9.74. The molecule has 0 aromatic carbocycles. The molecule has 0 unspecified atom stereocenters. The summed E-state index contributed by atoms with van der Waals surface area (Å²) in [6, 6.07) is 0. The molecule has 0 saturated carbocycles. The highest BCUT2D eigenvalue weighted by molar-refractivity contribution is 5.51. The Morgan fingerprint density at radius 1 is 1.14 bits per heavy atom. The molecule has 0 aliphatic carbocycles. The third-order valence-electron chi connectivity index (χ3n) is 1.01. The van der Waals surface area contributed by atoms with Gasteiger partial charge in [-0.05, 0) is 34.6 Å². The van der Waals surface area contributed by atoms with Crippen LogP contribution in [0.15, 0.2) is 0 Å². The van der Waals surface area contributed by atoms with E-state index < -0.39 is 0 Å². The highest BCUT2D eigenvalue weighted by Gasteiger charge is 2.07. The lowest BCUT2D eigenvalue weighted by Gasteiger charge is -2.14. The second kappa shape index (κ2) is 6.54. The van der Waals surface area contributed by atoms with Crippen molar-refractivity contribution < 1.29 is 14.3 Å². The lowest BCUT2D eigenvalue weighted by Crippen LogP contribution is -2.31. The number of hydrogen-bond acceptors (Lipinski definition) is 4. The SMILES string of the molecule is CC(C)(C)OC=O.CC(C)(N)CC=O. The molecule has 0 saturated heterocycles. The van der Waals surface area contributed by atoms with E-state index in [9.17, 15) is 9.59 Å². The Bertz CT molecular complexity index is 145. The van der Waals surface area contributed by atoms with Gasteiger partial charge in [0.25, 0.3) is 6.47 Å². The van der Waals surface area contributed by atoms with E-state index in [2.05, 4.69) is 4.74 Å². The largest absolute Gasteiger partial charge is 0.462 e. The quantitative estimate of drug-likeness (QED) is 0.701. The van der Waals surface area contributed by atoms with E-state index in [1.54, 1.807) is 0 Å². The van der Waals surface area contributed by atoms with E-state index in [1.807, 2.05) is 34.6 Å². The van der Waals surface area contributed by atoms with E-state index in [4.69, 9.17) is 5.73 Å². The Balaban J connectivity index is 0. The molecule has 2 N–H and O–H groups in total. The van der Waals surface area contributed by atoms with Crippen LogP contribution in [0.25, 0.3) is 0 Å². The minimum atomic E-state index is -0.318. The highest BCUT2D eigenvalue weighted by Crippen LogP contribution is 2.02. The first-order valence-electron chi connectivity index (χ1n) is 4.46. The van der Waals surface area contributed by atoms with Crippen LogP contribution in [0.5, 0.6) is 0 Å². The molecular formula is C10H21NO3. The summed E-state index contributed by atoms with van der Waals surface area (Å²) in [5.41, 5.74) is 4.78. The van der Waals surface area contributed by atoms with Crippen molar-refractivity contribution >= 4 is 12.8 Å². The summed E-state index contributed by atoms with van der Waals surface area (Å²) < 4.78 is 4.55. The fourth-order valence-electron chi connectivity index (χ4n) is 0.359. The van der Waals surface area contributed by atoms with Gasteiger partial charge in [-0.1, -0.05) is 0 Å². The summed E-state index contributed by atoms with van der Waals surface area (Å²) in [7, 11) is 0. The first kappa shape index (κ1) is 15.6. The van der Waals surface area contributed by atoms with Gasteiger partial charge in [0.05, 0.1) is 0 Å². The van der Waals surface area contributed by atoms with E-state index in [1.165, 1.54) is 0 Å². The minimum absolute atomic E-state index is 0.318. The van der Waals surface area contributed by atoms with Crippen molar-refractivity contribution in [2.45, 2.75) is 52.2 Å². The summed E-state index contributed by atoms with van der Waals surface area (Å²) in [6.45, 7) is 9.56. The van der Waals surface area contributed by atoms with Crippen molar-refractivity contribution in [2.24, 2.45) is 5.73 Å². The maximum Gasteiger partial charge on any atom is 0.293 e. The summed E-state index contributed by atoms with van der Waals surface area (Å²) in [6.07, 6.45) is 1.27. The molecule has 0 bridgehead atoms. The predicted octanol–water partition coefficient (Wildman–Crippen LogP) is 1.27. The molecule has 0 amide bonds. The second-order valence-electron chi connectivity index (χ2n) is 4.69. The monoisotopic (exact) mass is 203 g/mol. The van der Waals surface area contributed by atoms with Crippen LogP contribution in [0, 0.1) is 0 Å². The Labute approximate surface area is 85.8 Å². The molecule has 0 aromatic rings. The van der Waals surface area contributed by atoms with Crippen molar-refractivity contribution in [3.63, 3.8) is 0 Å². The Morgan fingerprint density at radius 3 is 1.57 bits per heavy atom. The van der Waals surface area contributed by atoms with Gasteiger partial charge in [-0.2, -0.15) is 0 Å². The molecule has 0 fully saturated rings. The summed E-state index contributed by atoms with van der Waals surface area (Å²) in [5.74, 6) is 0. The van der Waals surface area contributed by atoms with Crippen LogP contribution in [0.2, 0.25) is 0 Å². The Morgan fingerprint density at radius 2 is 1.57 bits per heavy atom. The predicted molar refractivity (Wildman–Crippen MR) is 55.8 cm³/mol. The van der Waals surface area contributed by atoms with Crippen LogP contribution in [-0.2, 0) is 14.3 Å². The van der Waals surface area contributed by atoms with Gasteiger partial charge in [-0.25, -0.2) is 0 Å². The van der Waals surface area contributed by atoms with Gasteiger partial charge in [-0.3, -0.25) is 4.79 Å². The lowest BCUT2D eigenvalue weighted by molar-refractivity contribution is -0.138. The van der Waals surface area contributed by atoms with Crippen molar-refractivity contribution in [3.05, 3.63) is 0 Å². The first-order valence-corrected chi connectivity index (χ1v) is 4.46. The molecule has 0 spiro atoms. The second-order valence-corrected chi connectivity index (χ2v) is 4.69. The topological polar surface area (TPSA) is 69.4 Å². The van der Waals surface area contributed by atoms with Crippen LogP contribution < -0.4 is 5.73 Å². The zero-order valence-electron chi connectivity index (χ0n) is 9.66. The normalized spacial score (nSPS) is 11.0. The third-order valence-corrected chi connectivity index (χ3v) is 1.01. The van der Waals surface area contributed by atoms with Crippen molar-refractivity contribution in [2.75, 3.05) is 0 Å². The molecule has 0 aromatic heterocycles. The molecule has 0 aliphatic heterocycles. The van der Waals surface area contributed by atoms with E-state index >= 15 is 0 Å². The number of aldehydes is 1. The summed E-state index contributed by atoms with van der Waals surface area (Å²) >= 11 is 0. The van der Waals surface area contributed by atoms with Gasteiger partial charge >= 0.3 is 0 Å². The Hall–Kier alpha value is -0.900. The van der Waals surface area contributed by atoms with Gasteiger partial charge in [0, 0.05) is 12.0 Å². The molecule has 4 heteroatoms. The number of carbonyl (C=O) groups is 2. The molecule has 14 heavy (non-hydrogen) atoms. The van der Waals surface area contributed by atoms with Gasteiger partial charge in [0.15, 0.2) is 0 Å². The molecule has 0 aliphatic rings. The zero-order valence-corrected chi connectivity index (χ0v) is 9.66. The minimum Gasteiger partial charge on any atom is -0.462 e. The molecule has 0 heterocycles. The molecule has 0 radical (unpaired) electrons. The fraction of sp³-hybridized carbons (Fsp3) is 0.800. The number of nitrogens with two attached hydrogens (primary N) is 1. The van der Waals surface area contributed by atoms with E-state index in [0.29, 0.717) is 12.9 Å². The lowest BCUT2D eigenvalue weighted by atomic mass is 10.0. The standard InChI is InChI=1S/C5H11NO.C5H10O2/c1-5(2,6)3-4-7;1-5(2,3)7-4-6/h4H,3,6H2,1-2H3;4H,1-3H3. The summed E-state index contributed by atoms with van der Waals surface area (Å²) in [5, 5.41) is 0. The molecule has 0 atom stereocenters. The van der Waals surface area contributed by atoms with Crippen molar-refractivity contribution in [3.8, 4) is 0 Å². The Kier molecular flexibility index (Phi) is 7.27. The van der Waals surface area contributed by atoms with Crippen molar-refractivity contribution in [1.82, 2.24) is 0 Å². The van der Waals surface area contributed by atoms with Crippen LogP contribution in [0.1, 0.15) is 41.0 Å². The molecular weight excluding hydrogens is 182 g/mol. The fourth-order valence-corrected chi connectivity index (χ4v) is 0.359. The molecule has 4 nitrogen and oxygen atoms in total. The number of ether oxygens (including phenoxy) is 1. The van der Waals surface area contributed by atoms with Gasteiger partial charge in [0.1, 0.15) is 11.9 Å². The number of hydrogen-bond donors (Lipinski definition) is 1. The maximum absolute atomic E-state index is 9.74. The molecule has 0 rings (SSSR count). The number of rotatable bonds is 3. The third kappa shape index (κ3) is 22.5. The van der Waals surface area contributed by atoms with Crippen LogP contribution >= 0.6 is 0 Å². The van der Waals surface area contributed by atoms with E-state index in [-0.39, 0.29) is 11.1 Å². The van der Waals surface area contributed by atoms with Gasteiger partial charge in [0.2, 0.25) is 0 Å². The zero-order chi connectivity index (χ0) is 11.8. The van der Waals surface area contributed by atoms with Crippen LogP contribution in [0.3, 0.4) is 0 Å². The number of carbonyl (C=O) groups excluding carboxylic acids is 2. The van der Waals surface area contributed by atoms with Gasteiger partial charge < -0.3 is 15.3 Å². The highest BCUT2D eigenvalue weighted by atomic mass is 16.5. The average molecular weight is 203 g/mol. The smallest absolute Gasteiger partial charge is 0.293 e. The molecule has 84 valence electrons. The van der Waals surface area contributed by atoms with Crippen molar-refractivity contribution in [1.29, 1.82) is 0 Å².